The van der Waals surface area contributed by atoms with Crippen molar-refractivity contribution in [1.29, 1.82) is 0 Å². The molecule has 1 aliphatic heterocycles. The third-order valence-electron chi connectivity index (χ3n) is 4.20. The Labute approximate surface area is 142 Å². The van der Waals surface area contributed by atoms with Crippen LogP contribution in [0.3, 0.4) is 0 Å². The highest BCUT2D eigenvalue weighted by molar-refractivity contribution is 6.32. The number of likely N-dealkylation sites (tertiary alicyclic amines) is 1. The van der Waals surface area contributed by atoms with Crippen LogP contribution in [0.4, 0.5) is 0 Å². The molecule has 0 bridgehead atoms. The van der Waals surface area contributed by atoms with E-state index >= 15 is 0 Å². The van der Waals surface area contributed by atoms with Crippen LogP contribution in [0.1, 0.15) is 24.0 Å². The zero-order valence-electron chi connectivity index (χ0n) is 14.0. The Morgan fingerprint density at radius 1 is 1.43 bits per heavy atom. The van der Waals surface area contributed by atoms with Gasteiger partial charge in [-0.2, -0.15) is 0 Å². The minimum absolute atomic E-state index is 0.0425. The number of aliphatic hydroxyl groups is 1. The lowest BCUT2D eigenvalue weighted by Crippen LogP contribution is -2.53. The number of hydrogen-bond acceptors (Lipinski definition) is 4. The molecular weight excluding hydrogens is 316 g/mol. The van der Waals surface area contributed by atoms with E-state index in [1.165, 1.54) is 0 Å². The second kappa shape index (κ2) is 7.51. The van der Waals surface area contributed by atoms with E-state index in [4.69, 9.17) is 16.3 Å². The van der Waals surface area contributed by atoms with E-state index in [0.29, 0.717) is 25.3 Å². The first-order valence-electron chi connectivity index (χ1n) is 7.88. The average molecular weight is 341 g/mol. The number of nitrogens with zero attached hydrogens (tertiary/aromatic N) is 1. The molecule has 0 aliphatic carbocycles. The van der Waals surface area contributed by atoms with E-state index in [2.05, 4.69) is 5.32 Å². The number of carbonyl (C=O) groups is 1. The van der Waals surface area contributed by atoms with Gasteiger partial charge in [-0.15, -0.1) is 0 Å². The van der Waals surface area contributed by atoms with E-state index in [9.17, 15) is 9.90 Å². The third-order valence-corrected chi connectivity index (χ3v) is 4.79. The number of rotatable bonds is 5. The molecule has 2 N–H and O–H groups in total. The van der Waals surface area contributed by atoms with Gasteiger partial charge in [-0.25, -0.2) is 0 Å². The summed E-state index contributed by atoms with van der Waals surface area (Å²) in [6.07, 6.45) is 1.51. The molecule has 1 heterocycles. The minimum atomic E-state index is -0.937. The first-order valence-corrected chi connectivity index (χ1v) is 8.26. The number of hydrogen-bond donors (Lipinski definition) is 2. The van der Waals surface area contributed by atoms with Crippen LogP contribution in [0.15, 0.2) is 12.1 Å². The van der Waals surface area contributed by atoms with Crippen LogP contribution in [0.5, 0.6) is 5.75 Å². The quantitative estimate of drug-likeness (QED) is 0.859. The van der Waals surface area contributed by atoms with Gasteiger partial charge in [0, 0.05) is 18.6 Å². The maximum atomic E-state index is 11.5. The van der Waals surface area contributed by atoms with Crippen LogP contribution in [-0.4, -0.2) is 54.8 Å². The average Bonchev–Trinajstić information content (AvgIpc) is 2.50. The van der Waals surface area contributed by atoms with Gasteiger partial charge in [0.15, 0.2) is 0 Å². The summed E-state index contributed by atoms with van der Waals surface area (Å²) < 4.78 is 5.81. The molecule has 0 spiro atoms. The number of ether oxygens (including phenoxy) is 1. The Morgan fingerprint density at radius 3 is 2.70 bits per heavy atom. The fourth-order valence-corrected chi connectivity index (χ4v) is 3.06. The normalized spacial score (nSPS) is 22.0. The highest BCUT2D eigenvalue weighted by atomic mass is 35.5. The van der Waals surface area contributed by atoms with Crippen molar-refractivity contribution in [2.24, 2.45) is 0 Å². The van der Waals surface area contributed by atoms with Crippen LogP contribution in [0, 0.1) is 13.8 Å². The molecule has 5 nitrogen and oxygen atoms in total. The number of aryl methyl sites for hydroxylation is 2. The summed E-state index contributed by atoms with van der Waals surface area (Å²) in [5.74, 6) is 0.667. The number of benzene rings is 1. The molecule has 1 fully saturated rings. The van der Waals surface area contributed by atoms with Crippen molar-refractivity contribution in [2.45, 2.75) is 32.3 Å². The Balaban J connectivity index is 1.97. The molecule has 128 valence electrons. The monoisotopic (exact) mass is 340 g/mol. The van der Waals surface area contributed by atoms with E-state index in [0.717, 1.165) is 29.1 Å². The maximum Gasteiger partial charge on any atom is 0.233 e. The van der Waals surface area contributed by atoms with Crippen molar-refractivity contribution in [1.82, 2.24) is 10.2 Å². The second-order valence-corrected chi connectivity index (χ2v) is 6.75. The lowest BCUT2D eigenvalue weighted by Gasteiger charge is -2.38. The van der Waals surface area contributed by atoms with Gasteiger partial charge in [0.05, 0.1) is 6.54 Å². The van der Waals surface area contributed by atoms with Crippen LogP contribution in [0.25, 0.3) is 0 Å². The van der Waals surface area contributed by atoms with Gasteiger partial charge in [-0.3, -0.25) is 9.69 Å². The van der Waals surface area contributed by atoms with Gasteiger partial charge >= 0.3 is 0 Å². The van der Waals surface area contributed by atoms with Gasteiger partial charge in [0.25, 0.3) is 0 Å². The predicted octanol–water partition coefficient (Wildman–Crippen LogP) is 1.91. The molecule has 1 unspecified atom stereocenters. The summed E-state index contributed by atoms with van der Waals surface area (Å²) >= 11 is 6.16. The number of amides is 1. The summed E-state index contributed by atoms with van der Waals surface area (Å²) in [5, 5.41) is 14.1. The second-order valence-electron chi connectivity index (χ2n) is 6.37. The molecule has 1 atom stereocenters. The van der Waals surface area contributed by atoms with Crippen LogP contribution in [0.2, 0.25) is 5.02 Å². The smallest absolute Gasteiger partial charge is 0.233 e. The molecule has 23 heavy (non-hydrogen) atoms. The van der Waals surface area contributed by atoms with Crippen molar-refractivity contribution in [3.05, 3.63) is 28.3 Å². The van der Waals surface area contributed by atoms with Gasteiger partial charge < -0.3 is 15.2 Å². The first kappa shape index (κ1) is 18.0. The summed E-state index contributed by atoms with van der Waals surface area (Å²) in [5.41, 5.74) is 0.977. The molecule has 0 saturated carbocycles. The van der Waals surface area contributed by atoms with Gasteiger partial charge in [0.2, 0.25) is 5.91 Å². The Bertz CT molecular complexity index is 556. The van der Waals surface area contributed by atoms with Crippen molar-refractivity contribution in [3.63, 3.8) is 0 Å². The van der Waals surface area contributed by atoms with Gasteiger partial charge in [-0.05, 0) is 56.5 Å². The minimum Gasteiger partial charge on any atom is -0.491 e. The van der Waals surface area contributed by atoms with E-state index in [1.54, 1.807) is 7.05 Å². The summed E-state index contributed by atoms with van der Waals surface area (Å²) in [6, 6.07) is 3.76. The van der Waals surface area contributed by atoms with Crippen LogP contribution in [-0.2, 0) is 4.79 Å². The number of likely N-dealkylation sites (N-methyl/N-ethyl adjacent to an activating group) is 1. The lowest BCUT2D eigenvalue weighted by atomic mass is 9.93. The van der Waals surface area contributed by atoms with Crippen molar-refractivity contribution in [2.75, 3.05) is 33.3 Å². The van der Waals surface area contributed by atoms with Gasteiger partial charge in [-0.1, -0.05) is 11.6 Å². The summed E-state index contributed by atoms with van der Waals surface area (Å²) in [7, 11) is 1.62. The molecule has 1 aromatic rings. The van der Waals surface area contributed by atoms with Crippen LogP contribution >= 0.6 is 11.6 Å². The van der Waals surface area contributed by atoms with Crippen molar-refractivity contribution in [3.8, 4) is 5.75 Å². The molecule has 1 amide bonds. The Kier molecular flexibility index (Phi) is 5.89. The predicted molar refractivity (Wildman–Crippen MR) is 91.1 cm³/mol. The molecular formula is C17H25ClN2O3. The molecule has 0 aromatic heterocycles. The lowest BCUT2D eigenvalue weighted by molar-refractivity contribution is -0.124. The first-order chi connectivity index (χ1) is 10.8. The SMILES string of the molecule is CNC(=O)CN1CCCC(O)(COc2cc(C)c(Cl)c(C)c2)C1. The third kappa shape index (κ3) is 4.83. The fourth-order valence-electron chi connectivity index (χ4n) is 2.95. The van der Waals surface area contributed by atoms with Gasteiger partial charge in [0.1, 0.15) is 18.0 Å². The summed E-state index contributed by atoms with van der Waals surface area (Å²) in [4.78, 5) is 13.5. The standard InChI is InChI=1S/C17H25ClN2O3/c1-12-7-14(8-13(2)16(12)18)23-11-17(22)5-4-6-20(10-17)9-15(21)19-3/h7-8,22H,4-6,9-11H2,1-3H3,(H,19,21). The van der Waals surface area contributed by atoms with E-state index in [-0.39, 0.29) is 12.5 Å². The molecule has 1 aromatic carbocycles. The zero-order valence-corrected chi connectivity index (χ0v) is 14.7. The van der Waals surface area contributed by atoms with Crippen molar-refractivity contribution >= 4 is 17.5 Å². The zero-order chi connectivity index (χ0) is 17.0. The molecule has 1 saturated heterocycles. The fraction of sp³-hybridized carbons (Fsp3) is 0.588. The number of halogens is 1. The maximum absolute atomic E-state index is 11.5. The number of β-amino-alcohol motifs (C(OH)–C–C–N with tert-alkyl or cyclic N) is 1. The topological polar surface area (TPSA) is 61.8 Å². The molecule has 1 aliphatic rings. The number of piperidine rings is 1. The molecule has 2 rings (SSSR count). The number of nitrogens with one attached hydrogen (secondary N) is 1. The van der Waals surface area contributed by atoms with Crippen molar-refractivity contribution < 1.29 is 14.6 Å². The number of carbonyl (C=O) groups excluding carboxylic acids is 1. The Hall–Kier alpha value is -1.30. The van der Waals surface area contributed by atoms with Crippen LogP contribution < -0.4 is 10.1 Å². The highest BCUT2D eigenvalue weighted by Crippen LogP contribution is 2.28. The Morgan fingerprint density at radius 2 is 2.09 bits per heavy atom. The molecule has 0 radical (unpaired) electrons. The largest absolute Gasteiger partial charge is 0.491 e. The molecule has 6 heteroatoms. The summed E-state index contributed by atoms with van der Waals surface area (Å²) in [6.45, 7) is 5.63. The van der Waals surface area contributed by atoms with E-state index < -0.39 is 5.60 Å². The highest BCUT2D eigenvalue weighted by Gasteiger charge is 2.34. The van der Waals surface area contributed by atoms with E-state index in [1.807, 2.05) is 30.9 Å².